The summed E-state index contributed by atoms with van der Waals surface area (Å²) in [4.78, 5) is 23.0. The molecule has 1 heterocycles. The molecule has 0 bridgehead atoms. The minimum atomic E-state index is -0.960. The van der Waals surface area contributed by atoms with Crippen LogP contribution in [-0.2, 0) is 4.79 Å². The maximum Gasteiger partial charge on any atom is 0.306 e. The highest BCUT2D eigenvalue weighted by atomic mass is 35.5. The molecule has 0 saturated carbocycles. The first kappa shape index (κ1) is 12.2. The summed E-state index contributed by atoms with van der Waals surface area (Å²) >= 11 is 6.88. The number of carboxylic acid groups (broad SMARTS) is 1. The van der Waals surface area contributed by atoms with Gasteiger partial charge in [0.1, 0.15) is 0 Å². The van der Waals surface area contributed by atoms with Crippen LogP contribution < -0.4 is 0 Å². The van der Waals surface area contributed by atoms with E-state index in [0.717, 1.165) is 0 Å². The number of halogens is 1. The lowest BCUT2D eigenvalue weighted by molar-refractivity contribution is -0.142. The number of ketones is 1. The lowest BCUT2D eigenvalue weighted by Gasteiger charge is -2.13. The Morgan fingerprint density at radius 1 is 1.33 bits per heavy atom. The van der Waals surface area contributed by atoms with E-state index in [0.29, 0.717) is 9.21 Å². The number of carbonyl (C=O) groups is 2. The van der Waals surface area contributed by atoms with Crippen LogP contribution >= 0.6 is 22.9 Å². The molecule has 2 atom stereocenters. The van der Waals surface area contributed by atoms with Crippen LogP contribution in [0.5, 0.6) is 0 Å². The van der Waals surface area contributed by atoms with E-state index in [1.165, 1.54) is 18.3 Å². The van der Waals surface area contributed by atoms with Gasteiger partial charge in [0.25, 0.3) is 0 Å². The van der Waals surface area contributed by atoms with Gasteiger partial charge in [0.15, 0.2) is 5.78 Å². The Morgan fingerprint density at radius 3 is 2.33 bits per heavy atom. The van der Waals surface area contributed by atoms with E-state index >= 15 is 0 Å². The summed E-state index contributed by atoms with van der Waals surface area (Å²) in [5, 5.41) is 8.78. The second-order valence-electron chi connectivity index (χ2n) is 3.38. The van der Waals surface area contributed by atoms with Gasteiger partial charge in [0.05, 0.1) is 15.1 Å². The standard InChI is InChI=1S/C10H11ClO3S/c1-5(6(2)10(13)14)9(12)7-3-4-8(11)15-7/h3-6H,1-2H3,(H,13,14). The van der Waals surface area contributed by atoms with Crippen molar-refractivity contribution >= 4 is 34.7 Å². The molecule has 0 aliphatic heterocycles. The molecule has 0 aliphatic carbocycles. The number of hydrogen-bond acceptors (Lipinski definition) is 3. The minimum Gasteiger partial charge on any atom is -0.481 e. The van der Waals surface area contributed by atoms with Crippen molar-refractivity contribution in [1.82, 2.24) is 0 Å². The zero-order valence-electron chi connectivity index (χ0n) is 8.36. The molecular formula is C10H11ClO3S. The molecule has 0 aliphatic rings. The topological polar surface area (TPSA) is 54.4 Å². The SMILES string of the molecule is CC(C(=O)O)C(C)C(=O)c1ccc(Cl)s1. The Balaban J connectivity index is 2.81. The highest BCUT2D eigenvalue weighted by Crippen LogP contribution is 2.26. The van der Waals surface area contributed by atoms with Crippen molar-refractivity contribution < 1.29 is 14.7 Å². The van der Waals surface area contributed by atoms with Crippen LogP contribution in [0.2, 0.25) is 4.34 Å². The van der Waals surface area contributed by atoms with E-state index in [4.69, 9.17) is 16.7 Å². The fraction of sp³-hybridized carbons (Fsp3) is 0.400. The Kier molecular flexibility index (Phi) is 3.88. The molecule has 15 heavy (non-hydrogen) atoms. The van der Waals surface area contributed by atoms with Crippen molar-refractivity contribution in [2.75, 3.05) is 0 Å². The van der Waals surface area contributed by atoms with Gasteiger partial charge in [-0.3, -0.25) is 9.59 Å². The fourth-order valence-electron chi connectivity index (χ4n) is 1.11. The third-order valence-corrected chi connectivity index (χ3v) is 3.61. The summed E-state index contributed by atoms with van der Waals surface area (Å²) < 4.78 is 0.536. The molecule has 2 unspecified atom stereocenters. The van der Waals surface area contributed by atoms with Gasteiger partial charge in [-0.05, 0) is 12.1 Å². The number of Topliss-reactive ketones (excluding diaryl/α,β-unsaturated/α-hetero) is 1. The maximum absolute atomic E-state index is 11.8. The molecule has 0 fully saturated rings. The van der Waals surface area contributed by atoms with E-state index in [9.17, 15) is 9.59 Å². The average molecular weight is 247 g/mol. The lowest BCUT2D eigenvalue weighted by Crippen LogP contribution is -2.24. The predicted molar refractivity (Wildman–Crippen MR) is 59.6 cm³/mol. The highest BCUT2D eigenvalue weighted by Gasteiger charge is 2.27. The summed E-state index contributed by atoms with van der Waals surface area (Å²) in [6.45, 7) is 3.15. The van der Waals surface area contributed by atoms with Gasteiger partial charge in [0.2, 0.25) is 0 Å². The van der Waals surface area contributed by atoms with Crippen molar-refractivity contribution in [2.45, 2.75) is 13.8 Å². The largest absolute Gasteiger partial charge is 0.481 e. The maximum atomic E-state index is 11.8. The third-order valence-electron chi connectivity index (χ3n) is 2.37. The summed E-state index contributed by atoms with van der Waals surface area (Å²) in [6.07, 6.45) is 0. The van der Waals surface area contributed by atoms with Gasteiger partial charge >= 0.3 is 5.97 Å². The summed E-state index contributed by atoms with van der Waals surface area (Å²) in [6, 6.07) is 3.26. The average Bonchev–Trinajstić information content (AvgIpc) is 2.61. The Morgan fingerprint density at radius 2 is 1.93 bits per heavy atom. The van der Waals surface area contributed by atoms with Crippen molar-refractivity contribution in [1.29, 1.82) is 0 Å². The van der Waals surface area contributed by atoms with E-state index in [2.05, 4.69) is 0 Å². The number of thiophene rings is 1. The molecule has 0 saturated heterocycles. The second kappa shape index (κ2) is 4.77. The van der Waals surface area contributed by atoms with Crippen LogP contribution in [0.4, 0.5) is 0 Å². The molecule has 1 aromatic heterocycles. The summed E-state index contributed by atoms with van der Waals surface area (Å²) in [5.41, 5.74) is 0. The predicted octanol–water partition coefficient (Wildman–Crippen LogP) is 2.94. The van der Waals surface area contributed by atoms with Gasteiger partial charge in [-0.1, -0.05) is 25.4 Å². The zero-order chi connectivity index (χ0) is 11.6. The summed E-state index contributed by atoms with van der Waals surface area (Å²) in [7, 11) is 0. The molecule has 0 aromatic carbocycles. The number of carbonyl (C=O) groups excluding carboxylic acids is 1. The highest BCUT2D eigenvalue weighted by molar-refractivity contribution is 7.18. The molecule has 5 heteroatoms. The quantitative estimate of drug-likeness (QED) is 0.831. The first-order valence-electron chi connectivity index (χ1n) is 4.46. The van der Waals surface area contributed by atoms with Crippen LogP contribution in [0.3, 0.4) is 0 Å². The van der Waals surface area contributed by atoms with Gasteiger partial charge in [-0.25, -0.2) is 0 Å². The van der Waals surface area contributed by atoms with Crippen molar-refractivity contribution in [3.05, 3.63) is 21.3 Å². The lowest BCUT2D eigenvalue weighted by atomic mass is 9.91. The molecule has 1 N–H and O–H groups in total. The van der Waals surface area contributed by atoms with Crippen molar-refractivity contribution in [3.63, 3.8) is 0 Å². The molecule has 0 radical (unpaired) electrons. The first-order chi connectivity index (χ1) is 6.93. The smallest absolute Gasteiger partial charge is 0.306 e. The Hall–Kier alpha value is -0.870. The van der Waals surface area contributed by atoms with Crippen LogP contribution in [0.25, 0.3) is 0 Å². The minimum absolute atomic E-state index is 0.165. The molecule has 0 amide bonds. The van der Waals surface area contributed by atoms with E-state index in [1.54, 1.807) is 19.1 Å². The number of hydrogen-bond donors (Lipinski definition) is 1. The van der Waals surface area contributed by atoms with Crippen LogP contribution in [0.1, 0.15) is 23.5 Å². The second-order valence-corrected chi connectivity index (χ2v) is 5.10. The van der Waals surface area contributed by atoms with E-state index in [1.807, 2.05) is 0 Å². The zero-order valence-corrected chi connectivity index (χ0v) is 9.93. The summed E-state index contributed by atoms with van der Waals surface area (Å²) in [5.74, 6) is -2.34. The van der Waals surface area contributed by atoms with Crippen LogP contribution in [0.15, 0.2) is 12.1 Å². The van der Waals surface area contributed by atoms with E-state index in [-0.39, 0.29) is 5.78 Å². The van der Waals surface area contributed by atoms with Gasteiger partial charge in [-0.2, -0.15) is 0 Å². The Labute approximate surface area is 96.7 Å². The fourth-order valence-corrected chi connectivity index (χ4v) is 2.19. The first-order valence-corrected chi connectivity index (χ1v) is 5.65. The Bertz CT molecular complexity index is 386. The molecule has 82 valence electrons. The molecule has 1 aromatic rings. The normalized spacial score (nSPS) is 14.6. The van der Waals surface area contributed by atoms with Gasteiger partial charge < -0.3 is 5.11 Å². The van der Waals surface area contributed by atoms with Gasteiger partial charge in [0, 0.05) is 5.92 Å². The molecular weight excluding hydrogens is 236 g/mol. The number of rotatable bonds is 4. The number of carboxylic acids is 1. The molecule has 3 nitrogen and oxygen atoms in total. The number of aliphatic carboxylic acids is 1. The van der Waals surface area contributed by atoms with Crippen LogP contribution in [-0.4, -0.2) is 16.9 Å². The van der Waals surface area contributed by atoms with Crippen LogP contribution in [0, 0.1) is 11.8 Å². The monoisotopic (exact) mass is 246 g/mol. The van der Waals surface area contributed by atoms with Gasteiger partial charge in [-0.15, -0.1) is 11.3 Å². The van der Waals surface area contributed by atoms with Crippen molar-refractivity contribution in [2.24, 2.45) is 11.8 Å². The van der Waals surface area contributed by atoms with E-state index < -0.39 is 17.8 Å². The molecule has 0 spiro atoms. The third kappa shape index (κ3) is 2.79. The molecule has 1 rings (SSSR count). The van der Waals surface area contributed by atoms with Crippen molar-refractivity contribution in [3.8, 4) is 0 Å².